The summed E-state index contributed by atoms with van der Waals surface area (Å²) in [4.78, 5) is 24.6. The van der Waals surface area contributed by atoms with Gasteiger partial charge in [-0.05, 0) is 18.9 Å². The zero-order valence-electron chi connectivity index (χ0n) is 15.6. The van der Waals surface area contributed by atoms with Crippen molar-refractivity contribution in [1.29, 1.82) is 0 Å². The van der Waals surface area contributed by atoms with Crippen molar-refractivity contribution >= 4 is 15.7 Å². The van der Waals surface area contributed by atoms with Crippen molar-refractivity contribution in [3.8, 4) is 16.9 Å². The lowest BCUT2D eigenvalue weighted by Gasteiger charge is -2.25. The van der Waals surface area contributed by atoms with Crippen molar-refractivity contribution in [1.82, 2.24) is 10.0 Å². The summed E-state index contributed by atoms with van der Waals surface area (Å²) in [5.41, 5.74) is 1.08. The standard InChI is InChI=1S/C18H21FN2O6S/c1-18(17(23)20-24,28(3,25)26)9-10-21-11-13(19)14(15(27-2)16(21)22)12-7-5-4-6-8-12/h4-8,11,24H,9-10H2,1-3H3,(H,20,23). The predicted molar refractivity (Wildman–Crippen MR) is 100 cm³/mol. The third-order valence-corrected chi connectivity index (χ3v) is 6.71. The third-order valence-electron chi connectivity index (χ3n) is 4.69. The average molecular weight is 412 g/mol. The van der Waals surface area contributed by atoms with Gasteiger partial charge >= 0.3 is 0 Å². The van der Waals surface area contributed by atoms with Crippen LogP contribution in [0.3, 0.4) is 0 Å². The quantitative estimate of drug-likeness (QED) is 0.524. The fourth-order valence-electron chi connectivity index (χ4n) is 2.75. The van der Waals surface area contributed by atoms with Crippen LogP contribution in [-0.2, 0) is 21.2 Å². The number of rotatable bonds is 7. The Kier molecular flexibility index (Phi) is 6.25. The first-order chi connectivity index (χ1) is 13.1. The molecular weight excluding hydrogens is 391 g/mol. The summed E-state index contributed by atoms with van der Waals surface area (Å²) in [5, 5.41) is 8.86. The van der Waals surface area contributed by atoms with E-state index >= 15 is 0 Å². The van der Waals surface area contributed by atoms with E-state index in [4.69, 9.17) is 9.94 Å². The Morgan fingerprint density at radius 3 is 2.43 bits per heavy atom. The van der Waals surface area contributed by atoms with E-state index in [0.717, 1.165) is 23.9 Å². The molecule has 0 spiro atoms. The molecule has 0 fully saturated rings. The van der Waals surface area contributed by atoms with Gasteiger partial charge in [-0.2, -0.15) is 0 Å². The van der Waals surface area contributed by atoms with Crippen LogP contribution in [0.15, 0.2) is 41.3 Å². The van der Waals surface area contributed by atoms with E-state index in [9.17, 15) is 22.4 Å². The van der Waals surface area contributed by atoms with Gasteiger partial charge in [-0.15, -0.1) is 0 Å². The number of benzene rings is 1. The van der Waals surface area contributed by atoms with Gasteiger partial charge < -0.3 is 9.30 Å². The Morgan fingerprint density at radius 2 is 1.93 bits per heavy atom. The number of sulfone groups is 1. The molecule has 1 amide bonds. The van der Waals surface area contributed by atoms with E-state index in [1.807, 2.05) is 0 Å². The number of hydroxylamine groups is 1. The number of carbonyl (C=O) groups is 1. The van der Waals surface area contributed by atoms with Crippen molar-refractivity contribution in [2.45, 2.75) is 24.6 Å². The molecule has 0 radical (unpaired) electrons. The predicted octanol–water partition coefficient (Wildman–Crippen LogP) is 1.36. The summed E-state index contributed by atoms with van der Waals surface area (Å²) in [7, 11) is -2.72. The molecule has 1 aromatic carbocycles. The molecular formula is C18H21FN2O6S. The second kappa shape index (κ2) is 8.11. The van der Waals surface area contributed by atoms with Gasteiger partial charge in [0, 0.05) is 19.0 Å². The Bertz CT molecular complexity index is 1040. The molecule has 8 nitrogen and oxygen atoms in total. The molecule has 1 heterocycles. The maximum absolute atomic E-state index is 14.8. The highest BCUT2D eigenvalue weighted by molar-refractivity contribution is 7.92. The first-order valence-corrected chi connectivity index (χ1v) is 10.1. The number of hydrogen-bond acceptors (Lipinski definition) is 6. The number of methoxy groups -OCH3 is 1. The molecule has 28 heavy (non-hydrogen) atoms. The highest BCUT2D eigenvalue weighted by Crippen LogP contribution is 2.30. The van der Waals surface area contributed by atoms with Gasteiger partial charge in [-0.25, -0.2) is 18.3 Å². The minimum absolute atomic E-state index is 0.0108. The summed E-state index contributed by atoms with van der Waals surface area (Å²) in [6, 6.07) is 8.36. The van der Waals surface area contributed by atoms with E-state index in [0.29, 0.717) is 5.56 Å². The maximum Gasteiger partial charge on any atom is 0.293 e. The number of nitrogens with zero attached hydrogens (tertiary/aromatic N) is 1. The first kappa shape index (κ1) is 21.6. The van der Waals surface area contributed by atoms with Gasteiger partial charge in [0.05, 0.1) is 12.7 Å². The topological polar surface area (TPSA) is 115 Å². The number of carbonyl (C=O) groups excluding carboxylic acids is 1. The van der Waals surface area contributed by atoms with Crippen LogP contribution in [0.5, 0.6) is 5.75 Å². The van der Waals surface area contributed by atoms with E-state index < -0.39 is 31.9 Å². The average Bonchev–Trinajstić information content (AvgIpc) is 2.66. The SMILES string of the molecule is COc1c(-c2ccccc2)c(F)cn(CCC(C)(C(=O)NO)S(C)(=O)=O)c1=O. The highest BCUT2D eigenvalue weighted by Gasteiger charge is 2.43. The van der Waals surface area contributed by atoms with Gasteiger partial charge in [-0.3, -0.25) is 14.8 Å². The van der Waals surface area contributed by atoms with Crippen LogP contribution in [0.25, 0.3) is 11.1 Å². The van der Waals surface area contributed by atoms with Gasteiger partial charge in [0.15, 0.2) is 26.2 Å². The molecule has 1 aromatic heterocycles. The van der Waals surface area contributed by atoms with Crippen LogP contribution in [0.2, 0.25) is 0 Å². The Balaban J connectivity index is 2.50. The molecule has 0 saturated heterocycles. The van der Waals surface area contributed by atoms with Crippen LogP contribution < -0.4 is 15.8 Å². The summed E-state index contributed by atoms with van der Waals surface area (Å²) in [6.45, 7) is 0.822. The summed E-state index contributed by atoms with van der Waals surface area (Å²) in [6.07, 6.45) is 1.41. The minimum Gasteiger partial charge on any atom is -0.491 e. The second-order valence-corrected chi connectivity index (χ2v) is 8.89. The molecule has 10 heteroatoms. The Hall–Kier alpha value is -2.72. The molecule has 0 aliphatic carbocycles. The Labute approximate surface area is 161 Å². The molecule has 1 unspecified atom stereocenters. The first-order valence-electron chi connectivity index (χ1n) is 8.23. The zero-order chi connectivity index (χ0) is 21.1. The molecule has 2 aromatic rings. The molecule has 2 N–H and O–H groups in total. The van der Waals surface area contributed by atoms with Crippen LogP contribution in [0.1, 0.15) is 13.3 Å². The number of ether oxygens (including phenoxy) is 1. The van der Waals surface area contributed by atoms with Crippen LogP contribution in [-0.4, -0.2) is 42.2 Å². The third kappa shape index (κ3) is 3.92. The number of pyridine rings is 1. The molecule has 152 valence electrons. The molecule has 2 rings (SSSR count). The largest absolute Gasteiger partial charge is 0.491 e. The van der Waals surface area contributed by atoms with Crippen molar-refractivity contribution in [3.05, 3.63) is 52.7 Å². The fourth-order valence-corrected chi connectivity index (χ4v) is 3.60. The van der Waals surface area contributed by atoms with Crippen LogP contribution in [0, 0.1) is 5.82 Å². The van der Waals surface area contributed by atoms with E-state index in [-0.39, 0.29) is 24.3 Å². The normalized spacial score (nSPS) is 13.6. The van der Waals surface area contributed by atoms with Crippen molar-refractivity contribution in [3.63, 3.8) is 0 Å². The monoisotopic (exact) mass is 412 g/mol. The lowest BCUT2D eigenvalue weighted by molar-refractivity contribution is -0.131. The Morgan fingerprint density at radius 1 is 1.32 bits per heavy atom. The second-order valence-electron chi connectivity index (χ2n) is 6.44. The number of halogens is 1. The number of aromatic nitrogens is 1. The lowest BCUT2D eigenvalue weighted by atomic mass is 10.0. The van der Waals surface area contributed by atoms with Crippen molar-refractivity contribution < 1.29 is 27.5 Å². The van der Waals surface area contributed by atoms with Gasteiger partial charge in [0.1, 0.15) is 0 Å². The molecule has 0 bridgehead atoms. The van der Waals surface area contributed by atoms with E-state index in [2.05, 4.69) is 0 Å². The maximum atomic E-state index is 14.8. The summed E-state index contributed by atoms with van der Waals surface area (Å²) < 4.78 is 42.9. The fraction of sp³-hybridized carbons (Fsp3) is 0.333. The highest BCUT2D eigenvalue weighted by atomic mass is 32.2. The molecule has 0 saturated carbocycles. The minimum atomic E-state index is -3.95. The zero-order valence-corrected chi connectivity index (χ0v) is 16.4. The number of aryl methyl sites for hydroxylation is 1. The smallest absolute Gasteiger partial charge is 0.293 e. The number of amides is 1. The summed E-state index contributed by atoms with van der Waals surface area (Å²) >= 11 is 0. The van der Waals surface area contributed by atoms with Gasteiger partial charge in [0.25, 0.3) is 11.5 Å². The number of hydrogen-bond donors (Lipinski definition) is 2. The van der Waals surface area contributed by atoms with Crippen LogP contribution >= 0.6 is 0 Å². The molecule has 0 aliphatic rings. The van der Waals surface area contributed by atoms with E-state index in [1.165, 1.54) is 12.6 Å². The van der Waals surface area contributed by atoms with Crippen molar-refractivity contribution in [2.24, 2.45) is 0 Å². The van der Waals surface area contributed by atoms with Gasteiger partial charge in [-0.1, -0.05) is 30.3 Å². The van der Waals surface area contributed by atoms with E-state index in [1.54, 1.807) is 30.3 Å². The molecule has 1 atom stereocenters. The van der Waals surface area contributed by atoms with Gasteiger partial charge in [0.2, 0.25) is 0 Å². The summed E-state index contributed by atoms with van der Waals surface area (Å²) in [5.74, 6) is -2.12. The van der Waals surface area contributed by atoms with Crippen LogP contribution in [0.4, 0.5) is 4.39 Å². The number of nitrogens with one attached hydrogen (secondary N) is 1. The van der Waals surface area contributed by atoms with Crippen molar-refractivity contribution in [2.75, 3.05) is 13.4 Å². The molecule has 0 aliphatic heterocycles. The lowest BCUT2D eigenvalue weighted by Crippen LogP contribution is -2.50.